The molecule has 0 aliphatic rings. The monoisotopic (exact) mass is 382 g/mol. The van der Waals surface area contributed by atoms with E-state index in [9.17, 15) is 4.79 Å². The molecule has 3 nitrogen and oxygen atoms in total. The summed E-state index contributed by atoms with van der Waals surface area (Å²) in [6.45, 7) is 1.97. The van der Waals surface area contributed by atoms with E-state index in [1.165, 1.54) is 0 Å². The van der Waals surface area contributed by atoms with E-state index in [1.54, 1.807) is 18.2 Å². The van der Waals surface area contributed by atoms with Crippen LogP contribution in [-0.2, 0) is 0 Å². The van der Waals surface area contributed by atoms with Gasteiger partial charge in [0, 0.05) is 20.2 Å². The maximum atomic E-state index is 12.2. The summed E-state index contributed by atoms with van der Waals surface area (Å²) in [5, 5.41) is 2.86. The predicted molar refractivity (Wildman–Crippen MR) is 85.4 cm³/mol. The fraction of sp³-hybridized carbons (Fsp3) is 0.0714. The van der Waals surface area contributed by atoms with Gasteiger partial charge in [-0.05, 0) is 52.7 Å². The number of hydrogen-bond donors (Lipinski definition) is 2. The van der Waals surface area contributed by atoms with Crippen LogP contribution < -0.4 is 11.1 Å². The first-order valence-corrected chi connectivity index (χ1v) is 7.18. The van der Waals surface area contributed by atoms with E-state index in [-0.39, 0.29) is 5.91 Å². The molecule has 0 saturated carbocycles. The summed E-state index contributed by atoms with van der Waals surface area (Å²) in [6, 6.07) is 10.8. The van der Waals surface area contributed by atoms with Crippen molar-refractivity contribution < 1.29 is 4.79 Å². The third-order valence-corrected chi connectivity index (χ3v) is 4.13. The zero-order valence-electron chi connectivity index (χ0n) is 10.2. The Labute approximate surface area is 128 Å². The van der Waals surface area contributed by atoms with Crippen molar-refractivity contribution in [2.24, 2.45) is 0 Å². The molecular weight excluding hydrogens is 372 g/mol. The third kappa shape index (κ3) is 3.36. The molecule has 19 heavy (non-hydrogen) atoms. The number of aryl methyl sites for hydroxylation is 1. The minimum Gasteiger partial charge on any atom is -0.399 e. The Morgan fingerprint density at radius 2 is 1.95 bits per heavy atom. The molecule has 5 heteroatoms. The topological polar surface area (TPSA) is 55.1 Å². The highest BCUT2D eigenvalue weighted by Gasteiger charge is 2.10. The van der Waals surface area contributed by atoms with Gasteiger partial charge in [0.15, 0.2) is 0 Å². The molecule has 0 aliphatic carbocycles. The summed E-state index contributed by atoms with van der Waals surface area (Å²) < 4.78 is 1.66. The predicted octanol–water partition coefficient (Wildman–Crippen LogP) is 4.35. The van der Waals surface area contributed by atoms with Gasteiger partial charge in [-0.25, -0.2) is 0 Å². The minimum absolute atomic E-state index is 0.195. The number of benzene rings is 2. The van der Waals surface area contributed by atoms with Gasteiger partial charge in [-0.3, -0.25) is 4.79 Å². The van der Waals surface area contributed by atoms with Gasteiger partial charge in [-0.1, -0.05) is 28.1 Å². The first-order valence-electron chi connectivity index (χ1n) is 5.60. The van der Waals surface area contributed by atoms with E-state index < -0.39 is 0 Å². The molecule has 0 saturated heterocycles. The van der Waals surface area contributed by atoms with Gasteiger partial charge in [-0.15, -0.1) is 0 Å². The van der Waals surface area contributed by atoms with E-state index in [4.69, 9.17) is 5.73 Å². The van der Waals surface area contributed by atoms with E-state index >= 15 is 0 Å². The van der Waals surface area contributed by atoms with Crippen LogP contribution >= 0.6 is 31.9 Å². The standard InChI is InChI=1S/C14H12Br2N2O/c1-8-3-2-4-12(13(8)16)18-14(19)9-5-10(15)7-11(17)6-9/h2-7H,17H2,1H3,(H,18,19). The first kappa shape index (κ1) is 14.1. The Morgan fingerprint density at radius 3 is 2.63 bits per heavy atom. The molecule has 0 unspecified atom stereocenters. The van der Waals surface area contributed by atoms with Crippen LogP contribution in [-0.4, -0.2) is 5.91 Å². The fourth-order valence-corrected chi connectivity index (χ4v) is 2.56. The van der Waals surface area contributed by atoms with E-state index in [0.29, 0.717) is 11.3 Å². The molecule has 2 aromatic carbocycles. The van der Waals surface area contributed by atoms with Crippen molar-refractivity contribution in [1.29, 1.82) is 0 Å². The number of carbonyl (C=O) groups is 1. The quantitative estimate of drug-likeness (QED) is 0.757. The highest BCUT2D eigenvalue weighted by Crippen LogP contribution is 2.26. The second-order valence-electron chi connectivity index (χ2n) is 4.16. The molecule has 3 N–H and O–H groups in total. The lowest BCUT2D eigenvalue weighted by molar-refractivity contribution is 0.102. The average Bonchev–Trinajstić information content (AvgIpc) is 2.33. The van der Waals surface area contributed by atoms with Crippen molar-refractivity contribution in [3.05, 3.63) is 56.5 Å². The highest BCUT2D eigenvalue weighted by molar-refractivity contribution is 9.11. The lowest BCUT2D eigenvalue weighted by Crippen LogP contribution is -2.12. The van der Waals surface area contributed by atoms with Crippen molar-refractivity contribution in [2.75, 3.05) is 11.1 Å². The minimum atomic E-state index is -0.195. The molecule has 1 amide bonds. The number of halogens is 2. The van der Waals surface area contributed by atoms with Crippen LogP contribution in [0.5, 0.6) is 0 Å². The molecule has 2 rings (SSSR count). The third-order valence-electron chi connectivity index (χ3n) is 2.62. The van der Waals surface area contributed by atoms with Crippen molar-refractivity contribution in [2.45, 2.75) is 6.92 Å². The number of amides is 1. The Balaban J connectivity index is 2.28. The molecule has 0 fully saturated rings. The molecule has 0 atom stereocenters. The summed E-state index contributed by atoms with van der Waals surface area (Å²) in [6.07, 6.45) is 0. The zero-order chi connectivity index (χ0) is 14.0. The lowest BCUT2D eigenvalue weighted by atomic mass is 10.1. The molecule has 0 radical (unpaired) electrons. The van der Waals surface area contributed by atoms with Gasteiger partial charge in [0.1, 0.15) is 0 Å². The maximum Gasteiger partial charge on any atom is 0.255 e. The molecule has 2 aromatic rings. The van der Waals surface area contributed by atoms with Crippen molar-refractivity contribution in [3.8, 4) is 0 Å². The number of rotatable bonds is 2. The molecule has 0 aliphatic heterocycles. The van der Waals surface area contributed by atoms with Crippen LogP contribution in [0.25, 0.3) is 0 Å². The molecule has 98 valence electrons. The lowest BCUT2D eigenvalue weighted by Gasteiger charge is -2.10. The smallest absolute Gasteiger partial charge is 0.255 e. The van der Waals surface area contributed by atoms with E-state index in [0.717, 1.165) is 20.2 Å². The molecule has 0 spiro atoms. The van der Waals surface area contributed by atoms with Crippen LogP contribution in [0.2, 0.25) is 0 Å². The summed E-state index contributed by atoms with van der Waals surface area (Å²) in [7, 11) is 0. The summed E-state index contributed by atoms with van der Waals surface area (Å²) in [5.41, 5.74) is 8.58. The summed E-state index contributed by atoms with van der Waals surface area (Å²) >= 11 is 6.79. The maximum absolute atomic E-state index is 12.2. The first-order chi connectivity index (χ1) is 8.97. The zero-order valence-corrected chi connectivity index (χ0v) is 13.4. The SMILES string of the molecule is Cc1cccc(NC(=O)c2cc(N)cc(Br)c2)c1Br. The molecule has 0 aromatic heterocycles. The summed E-state index contributed by atoms with van der Waals surface area (Å²) in [5.74, 6) is -0.195. The van der Waals surface area contributed by atoms with Crippen molar-refractivity contribution in [3.63, 3.8) is 0 Å². The summed E-state index contributed by atoms with van der Waals surface area (Å²) in [4.78, 5) is 12.2. The highest BCUT2D eigenvalue weighted by atomic mass is 79.9. The van der Waals surface area contributed by atoms with Gasteiger partial charge >= 0.3 is 0 Å². The van der Waals surface area contributed by atoms with Crippen LogP contribution in [0.3, 0.4) is 0 Å². The normalized spacial score (nSPS) is 10.3. The largest absolute Gasteiger partial charge is 0.399 e. The second-order valence-corrected chi connectivity index (χ2v) is 5.87. The number of anilines is 2. The van der Waals surface area contributed by atoms with Gasteiger partial charge < -0.3 is 11.1 Å². The van der Waals surface area contributed by atoms with E-state index in [1.807, 2.05) is 25.1 Å². The molecule has 0 heterocycles. The average molecular weight is 384 g/mol. The molecular formula is C14H12Br2N2O. The Kier molecular flexibility index (Phi) is 4.27. The van der Waals surface area contributed by atoms with Gasteiger partial charge in [0.25, 0.3) is 5.91 Å². The Morgan fingerprint density at radius 1 is 1.21 bits per heavy atom. The number of carbonyl (C=O) groups excluding carboxylic acids is 1. The van der Waals surface area contributed by atoms with Crippen molar-refractivity contribution >= 4 is 49.1 Å². The number of nitrogens with two attached hydrogens (primary N) is 1. The van der Waals surface area contributed by atoms with E-state index in [2.05, 4.69) is 37.2 Å². The van der Waals surface area contributed by atoms with Gasteiger partial charge in [0.05, 0.1) is 5.69 Å². The van der Waals surface area contributed by atoms with Crippen LogP contribution in [0.15, 0.2) is 45.3 Å². The van der Waals surface area contributed by atoms with Gasteiger partial charge in [-0.2, -0.15) is 0 Å². The number of nitrogens with one attached hydrogen (secondary N) is 1. The Hall–Kier alpha value is -1.33. The van der Waals surface area contributed by atoms with Crippen LogP contribution in [0, 0.1) is 6.92 Å². The van der Waals surface area contributed by atoms with Crippen LogP contribution in [0.1, 0.15) is 15.9 Å². The van der Waals surface area contributed by atoms with Crippen LogP contribution in [0.4, 0.5) is 11.4 Å². The second kappa shape index (κ2) is 5.75. The molecule has 0 bridgehead atoms. The Bertz CT molecular complexity index is 621. The number of hydrogen-bond acceptors (Lipinski definition) is 2. The number of nitrogen functional groups attached to an aromatic ring is 1. The fourth-order valence-electron chi connectivity index (χ4n) is 1.68. The van der Waals surface area contributed by atoms with Gasteiger partial charge in [0.2, 0.25) is 0 Å². The van der Waals surface area contributed by atoms with Crippen molar-refractivity contribution in [1.82, 2.24) is 0 Å².